The van der Waals surface area contributed by atoms with E-state index < -0.39 is 0 Å². The van der Waals surface area contributed by atoms with Gasteiger partial charge in [-0.15, -0.1) is 0 Å². The van der Waals surface area contributed by atoms with Crippen molar-refractivity contribution in [3.63, 3.8) is 0 Å². The van der Waals surface area contributed by atoms with Crippen LogP contribution in [0.1, 0.15) is 13.3 Å². The summed E-state index contributed by atoms with van der Waals surface area (Å²) in [5.74, 6) is 1.03. The van der Waals surface area contributed by atoms with E-state index in [4.69, 9.17) is 5.73 Å². The highest BCUT2D eigenvalue weighted by Crippen LogP contribution is 2.11. The van der Waals surface area contributed by atoms with Crippen molar-refractivity contribution in [3.05, 3.63) is 12.4 Å². The molecule has 3 N–H and O–H groups in total. The molecule has 0 spiro atoms. The van der Waals surface area contributed by atoms with Gasteiger partial charge in [-0.25, -0.2) is 9.97 Å². The molecule has 1 aromatic rings. The first kappa shape index (κ1) is 12.2. The maximum Gasteiger partial charge on any atom is 0.239 e. The maximum atomic E-state index is 11.3. The van der Waals surface area contributed by atoms with Crippen LogP contribution in [0.3, 0.4) is 0 Å². The third kappa shape index (κ3) is 3.38. The summed E-state index contributed by atoms with van der Waals surface area (Å²) in [4.78, 5) is 21.1. The van der Waals surface area contributed by atoms with Gasteiger partial charge in [0.15, 0.2) is 0 Å². The number of likely N-dealkylation sites (N-methyl/N-ethyl adjacent to an activating group) is 1. The Bertz CT molecular complexity index is 355. The molecule has 1 heterocycles. The molecule has 0 aliphatic rings. The zero-order chi connectivity index (χ0) is 12.0. The van der Waals surface area contributed by atoms with Crippen LogP contribution in [-0.4, -0.2) is 36.0 Å². The number of carbonyl (C=O) groups is 1. The van der Waals surface area contributed by atoms with Crippen molar-refractivity contribution in [1.82, 2.24) is 15.3 Å². The second-order valence-electron chi connectivity index (χ2n) is 3.40. The van der Waals surface area contributed by atoms with E-state index in [0.717, 1.165) is 13.0 Å². The van der Waals surface area contributed by atoms with E-state index in [1.807, 2.05) is 11.8 Å². The Hall–Kier alpha value is -1.85. The fourth-order valence-corrected chi connectivity index (χ4v) is 1.33. The fourth-order valence-electron chi connectivity index (χ4n) is 1.33. The van der Waals surface area contributed by atoms with Gasteiger partial charge in [-0.3, -0.25) is 4.79 Å². The minimum atomic E-state index is -0.0503. The molecule has 0 aliphatic heterocycles. The number of nitrogens with zero attached hydrogens (tertiary/aromatic N) is 3. The lowest BCUT2D eigenvalue weighted by molar-refractivity contribution is -0.119. The molecule has 0 saturated carbocycles. The number of aromatic nitrogens is 2. The standard InChI is InChI=1S/C10H17N5O/c1-3-4-15(6-10(16)12-2)9-5-8(11)13-7-14-9/h5,7H,3-4,6H2,1-2H3,(H,12,16)(H2,11,13,14). The van der Waals surface area contributed by atoms with Crippen LogP contribution in [0, 0.1) is 0 Å². The van der Waals surface area contributed by atoms with Crippen molar-refractivity contribution < 1.29 is 4.79 Å². The van der Waals surface area contributed by atoms with E-state index in [2.05, 4.69) is 15.3 Å². The molecule has 0 aromatic carbocycles. The van der Waals surface area contributed by atoms with Crippen LogP contribution < -0.4 is 16.0 Å². The van der Waals surface area contributed by atoms with Crippen LogP contribution in [0.4, 0.5) is 11.6 Å². The molecule has 0 radical (unpaired) electrons. The number of amides is 1. The predicted molar refractivity (Wildman–Crippen MR) is 63.0 cm³/mol. The lowest BCUT2D eigenvalue weighted by Crippen LogP contribution is -2.36. The van der Waals surface area contributed by atoms with E-state index in [1.165, 1.54) is 6.33 Å². The Labute approximate surface area is 94.9 Å². The molecule has 0 fully saturated rings. The minimum absolute atomic E-state index is 0.0503. The number of nitrogens with two attached hydrogens (primary N) is 1. The number of hydrogen-bond acceptors (Lipinski definition) is 5. The molecule has 0 atom stereocenters. The molecule has 0 bridgehead atoms. The SMILES string of the molecule is CCCN(CC(=O)NC)c1cc(N)ncn1. The normalized spacial score (nSPS) is 9.88. The number of nitrogen functional groups attached to an aromatic ring is 1. The minimum Gasteiger partial charge on any atom is -0.384 e. The van der Waals surface area contributed by atoms with Gasteiger partial charge in [-0.1, -0.05) is 6.92 Å². The number of rotatable bonds is 5. The van der Waals surface area contributed by atoms with Crippen LogP contribution in [0.25, 0.3) is 0 Å². The average Bonchev–Trinajstić information content (AvgIpc) is 2.28. The summed E-state index contributed by atoms with van der Waals surface area (Å²) in [6.07, 6.45) is 2.33. The van der Waals surface area contributed by atoms with Crippen LogP contribution in [0.15, 0.2) is 12.4 Å². The number of hydrogen-bond donors (Lipinski definition) is 2. The lowest BCUT2D eigenvalue weighted by Gasteiger charge is -2.21. The maximum absolute atomic E-state index is 11.3. The highest BCUT2D eigenvalue weighted by molar-refractivity contribution is 5.80. The van der Waals surface area contributed by atoms with Crippen molar-refractivity contribution in [1.29, 1.82) is 0 Å². The molecule has 6 heteroatoms. The Kier molecular flexibility index (Phi) is 4.50. The van der Waals surface area contributed by atoms with E-state index in [-0.39, 0.29) is 12.5 Å². The van der Waals surface area contributed by atoms with Gasteiger partial charge in [0.2, 0.25) is 5.91 Å². The second-order valence-corrected chi connectivity index (χ2v) is 3.40. The van der Waals surface area contributed by atoms with Gasteiger partial charge in [0.05, 0.1) is 6.54 Å². The number of anilines is 2. The monoisotopic (exact) mass is 223 g/mol. The van der Waals surface area contributed by atoms with E-state index in [0.29, 0.717) is 11.6 Å². The van der Waals surface area contributed by atoms with Crippen LogP contribution >= 0.6 is 0 Å². The average molecular weight is 223 g/mol. The second kappa shape index (κ2) is 5.89. The largest absolute Gasteiger partial charge is 0.384 e. The van der Waals surface area contributed by atoms with Gasteiger partial charge >= 0.3 is 0 Å². The molecule has 0 aliphatic carbocycles. The van der Waals surface area contributed by atoms with E-state index >= 15 is 0 Å². The van der Waals surface area contributed by atoms with Gasteiger partial charge in [-0.05, 0) is 6.42 Å². The van der Waals surface area contributed by atoms with Crippen molar-refractivity contribution in [2.45, 2.75) is 13.3 Å². The zero-order valence-corrected chi connectivity index (χ0v) is 9.60. The van der Waals surface area contributed by atoms with Gasteiger partial charge in [0, 0.05) is 19.7 Å². The summed E-state index contributed by atoms with van der Waals surface area (Å²) < 4.78 is 0. The summed E-state index contributed by atoms with van der Waals surface area (Å²) in [5, 5.41) is 2.58. The molecule has 88 valence electrons. The molecule has 1 amide bonds. The van der Waals surface area contributed by atoms with Crippen molar-refractivity contribution >= 4 is 17.5 Å². The quantitative estimate of drug-likeness (QED) is 0.735. The van der Waals surface area contributed by atoms with E-state index in [1.54, 1.807) is 13.1 Å². The number of carbonyl (C=O) groups excluding carboxylic acids is 1. The Morgan fingerprint density at radius 2 is 2.31 bits per heavy atom. The van der Waals surface area contributed by atoms with Crippen molar-refractivity contribution in [2.24, 2.45) is 0 Å². The predicted octanol–water partition coefficient (Wildman–Crippen LogP) is 0.0212. The molecule has 0 unspecified atom stereocenters. The molecule has 16 heavy (non-hydrogen) atoms. The molecule has 6 nitrogen and oxygen atoms in total. The first-order valence-electron chi connectivity index (χ1n) is 5.20. The zero-order valence-electron chi connectivity index (χ0n) is 9.60. The lowest BCUT2D eigenvalue weighted by atomic mass is 10.3. The van der Waals surface area contributed by atoms with Crippen LogP contribution in [0.2, 0.25) is 0 Å². The molecule has 0 saturated heterocycles. The third-order valence-corrected chi connectivity index (χ3v) is 2.10. The van der Waals surface area contributed by atoms with Gasteiger partial charge in [0.1, 0.15) is 18.0 Å². The van der Waals surface area contributed by atoms with Crippen molar-refractivity contribution in [3.8, 4) is 0 Å². The summed E-state index contributed by atoms with van der Waals surface area (Å²) >= 11 is 0. The fraction of sp³-hybridized carbons (Fsp3) is 0.500. The first-order valence-corrected chi connectivity index (χ1v) is 5.20. The smallest absolute Gasteiger partial charge is 0.239 e. The summed E-state index contributed by atoms with van der Waals surface area (Å²) in [7, 11) is 1.61. The van der Waals surface area contributed by atoms with Crippen LogP contribution in [0.5, 0.6) is 0 Å². The molecular formula is C10H17N5O. The van der Waals surface area contributed by atoms with Crippen molar-refractivity contribution in [2.75, 3.05) is 30.8 Å². The Morgan fingerprint density at radius 1 is 1.56 bits per heavy atom. The first-order chi connectivity index (χ1) is 7.67. The highest BCUT2D eigenvalue weighted by atomic mass is 16.1. The highest BCUT2D eigenvalue weighted by Gasteiger charge is 2.11. The molecule has 1 aromatic heterocycles. The Morgan fingerprint density at radius 3 is 2.88 bits per heavy atom. The van der Waals surface area contributed by atoms with Gasteiger partial charge in [0.25, 0.3) is 0 Å². The number of nitrogens with one attached hydrogen (secondary N) is 1. The molecule has 1 rings (SSSR count). The topological polar surface area (TPSA) is 84.1 Å². The summed E-state index contributed by atoms with van der Waals surface area (Å²) in [6.45, 7) is 3.08. The Balaban J connectivity index is 2.80. The summed E-state index contributed by atoms with van der Waals surface area (Å²) in [5.41, 5.74) is 5.58. The third-order valence-electron chi connectivity index (χ3n) is 2.10. The van der Waals surface area contributed by atoms with E-state index in [9.17, 15) is 4.79 Å². The molecular weight excluding hydrogens is 206 g/mol. The van der Waals surface area contributed by atoms with Gasteiger partial charge in [-0.2, -0.15) is 0 Å². The summed E-state index contributed by atoms with van der Waals surface area (Å²) in [6, 6.07) is 1.67. The van der Waals surface area contributed by atoms with Crippen LogP contribution in [-0.2, 0) is 4.79 Å². The van der Waals surface area contributed by atoms with Gasteiger partial charge < -0.3 is 16.0 Å².